The molecule has 0 bridgehead atoms. The molecule has 114 valence electrons. The van der Waals surface area contributed by atoms with Gasteiger partial charge in [-0.2, -0.15) is 0 Å². The van der Waals surface area contributed by atoms with Crippen LogP contribution in [0.3, 0.4) is 0 Å². The van der Waals surface area contributed by atoms with Crippen LogP contribution < -0.4 is 5.73 Å². The number of tetrazole rings is 1. The molecule has 0 unspecified atom stereocenters. The molecule has 0 aromatic carbocycles. The second kappa shape index (κ2) is 5.76. The zero-order valence-corrected chi connectivity index (χ0v) is 11.8. The molecule has 2 fully saturated rings. The molecule has 2 aliphatic rings. The first-order valence-electron chi connectivity index (χ1n) is 7.15. The lowest BCUT2D eigenvalue weighted by atomic mass is 9.94. The van der Waals surface area contributed by atoms with E-state index in [1.165, 1.54) is 11.0 Å². The molecule has 3 heterocycles. The van der Waals surface area contributed by atoms with E-state index in [1.807, 2.05) is 4.90 Å². The van der Waals surface area contributed by atoms with E-state index >= 15 is 0 Å². The number of hydrogen-bond acceptors (Lipinski definition) is 6. The van der Waals surface area contributed by atoms with E-state index in [0.29, 0.717) is 6.04 Å². The van der Waals surface area contributed by atoms with Crippen molar-refractivity contribution in [3.05, 3.63) is 6.33 Å². The third-order valence-corrected chi connectivity index (χ3v) is 4.35. The molecule has 2 saturated heterocycles. The van der Waals surface area contributed by atoms with E-state index in [1.54, 1.807) is 0 Å². The van der Waals surface area contributed by atoms with Gasteiger partial charge in [-0.3, -0.25) is 14.5 Å². The number of nitrogens with zero attached hydrogens (tertiary/aromatic N) is 6. The molecule has 3 rings (SSSR count). The number of piperidine rings is 1. The topological polar surface area (TPSA) is 110 Å². The zero-order chi connectivity index (χ0) is 14.8. The molecular formula is C12H19N7O2. The van der Waals surface area contributed by atoms with Gasteiger partial charge in [0.15, 0.2) is 0 Å². The second-order valence-electron chi connectivity index (χ2n) is 5.67. The van der Waals surface area contributed by atoms with Crippen LogP contribution in [-0.2, 0) is 16.1 Å². The van der Waals surface area contributed by atoms with Gasteiger partial charge in [0.05, 0.1) is 0 Å². The lowest BCUT2D eigenvalue weighted by Crippen LogP contribution is -2.62. The fourth-order valence-corrected chi connectivity index (χ4v) is 2.93. The Bertz CT molecular complexity index is 504. The van der Waals surface area contributed by atoms with Gasteiger partial charge in [-0.05, 0) is 36.4 Å². The molecule has 0 saturated carbocycles. The molecule has 0 radical (unpaired) electrons. The Kier molecular flexibility index (Phi) is 3.82. The number of amides is 2. The molecule has 9 nitrogen and oxygen atoms in total. The molecule has 1 aromatic heterocycles. The molecule has 2 amide bonds. The average Bonchev–Trinajstić information content (AvgIpc) is 2.90. The third-order valence-electron chi connectivity index (χ3n) is 4.35. The van der Waals surface area contributed by atoms with Crippen LogP contribution in [0.5, 0.6) is 0 Å². The molecule has 0 atom stereocenters. The van der Waals surface area contributed by atoms with E-state index in [9.17, 15) is 9.59 Å². The summed E-state index contributed by atoms with van der Waals surface area (Å²) in [5, 5.41) is 10.7. The molecule has 9 heteroatoms. The second-order valence-corrected chi connectivity index (χ2v) is 5.67. The summed E-state index contributed by atoms with van der Waals surface area (Å²) in [5.41, 5.74) is 5.33. The Morgan fingerprint density at radius 3 is 2.52 bits per heavy atom. The van der Waals surface area contributed by atoms with Crippen molar-refractivity contribution >= 4 is 11.8 Å². The molecule has 2 N–H and O–H groups in total. The van der Waals surface area contributed by atoms with Gasteiger partial charge in [0.25, 0.3) is 0 Å². The third kappa shape index (κ3) is 3.02. The predicted octanol–water partition coefficient (Wildman–Crippen LogP) is -1.92. The van der Waals surface area contributed by atoms with Crippen molar-refractivity contribution in [3.8, 4) is 0 Å². The van der Waals surface area contributed by atoms with E-state index in [0.717, 1.165) is 39.0 Å². The van der Waals surface area contributed by atoms with Crippen LogP contribution in [0.15, 0.2) is 6.33 Å². The number of hydrogen-bond donors (Lipinski definition) is 1. The molecule has 0 spiro atoms. The molecule has 0 aliphatic carbocycles. The highest BCUT2D eigenvalue weighted by atomic mass is 16.2. The number of likely N-dealkylation sites (tertiary alicyclic amines) is 2. The fraction of sp³-hybridized carbons (Fsp3) is 0.750. The predicted molar refractivity (Wildman–Crippen MR) is 71.7 cm³/mol. The largest absolute Gasteiger partial charge is 0.369 e. The molecular weight excluding hydrogens is 274 g/mol. The minimum absolute atomic E-state index is 0.0128. The highest BCUT2D eigenvalue weighted by Gasteiger charge is 2.36. The van der Waals surface area contributed by atoms with Gasteiger partial charge >= 0.3 is 0 Å². The van der Waals surface area contributed by atoms with Gasteiger partial charge in [0.1, 0.15) is 12.9 Å². The van der Waals surface area contributed by atoms with Gasteiger partial charge in [-0.25, -0.2) is 4.68 Å². The molecule has 2 aliphatic heterocycles. The van der Waals surface area contributed by atoms with Gasteiger partial charge in [-0.15, -0.1) is 5.10 Å². The Hall–Kier alpha value is -2.03. The number of aromatic nitrogens is 4. The van der Waals surface area contributed by atoms with E-state index < -0.39 is 0 Å². The van der Waals surface area contributed by atoms with Crippen LogP contribution in [0.4, 0.5) is 0 Å². The maximum Gasteiger partial charge on any atom is 0.244 e. The van der Waals surface area contributed by atoms with Crippen LogP contribution in [0.25, 0.3) is 0 Å². The van der Waals surface area contributed by atoms with E-state index in [4.69, 9.17) is 5.73 Å². The highest BCUT2D eigenvalue weighted by Crippen LogP contribution is 2.23. The van der Waals surface area contributed by atoms with Gasteiger partial charge in [0, 0.05) is 25.0 Å². The summed E-state index contributed by atoms with van der Waals surface area (Å²) in [6, 6.07) is 0.400. The van der Waals surface area contributed by atoms with Crippen LogP contribution in [0, 0.1) is 5.92 Å². The summed E-state index contributed by atoms with van der Waals surface area (Å²) in [6.45, 7) is 3.43. The summed E-state index contributed by atoms with van der Waals surface area (Å²) in [4.78, 5) is 27.3. The fourth-order valence-electron chi connectivity index (χ4n) is 2.93. The van der Waals surface area contributed by atoms with Crippen LogP contribution in [-0.4, -0.2) is 74.0 Å². The van der Waals surface area contributed by atoms with Crippen LogP contribution in [0.1, 0.15) is 12.8 Å². The first-order chi connectivity index (χ1) is 10.1. The number of primary amides is 1. The average molecular weight is 293 g/mol. The van der Waals surface area contributed by atoms with Crippen molar-refractivity contribution in [2.24, 2.45) is 11.7 Å². The standard InChI is InChI=1S/C12H19N7O2/c13-12(21)9-1-3-17(4-2-9)10-5-18(6-10)11(20)7-19-8-14-15-16-19/h8-10H,1-7H2,(H2,13,21). The number of rotatable bonds is 4. The van der Waals surface area contributed by atoms with Crippen molar-refractivity contribution in [2.75, 3.05) is 26.2 Å². The Morgan fingerprint density at radius 2 is 1.95 bits per heavy atom. The van der Waals surface area contributed by atoms with E-state index in [-0.39, 0.29) is 24.3 Å². The lowest BCUT2D eigenvalue weighted by Gasteiger charge is -2.47. The quantitative estimate of drug-likeness (QED) is 0.693. The summed E-state index contributed by atoms with van der Waals surface area (Å²) in [7, 11) is 0. The van der Waals surface area contributed by atoms with Crippen molar-refractivity contribution < 1.29 is 9.59 Å². The Balaban J connectivity index is 1.42. The summed E-state index contributed by atoms with van der Waals surface area (Å²) < 4.78 is 1.42. The van der Waals surface area contributed by atoms with Gasteiger partial charge in [-0.1, -0.05) is 0 Å². The van der Waals surface area contributed by atoms with Crippen molar-refractivity contribution in [3.63, 3.8) is 0 Å². The monoisotopic (exact) mass is 293 g/mol. The zero-order valence-electron chi connectivity index (χ0n) is 11.8. The smallest absolute Gasteiger partial charge is 0.244 e. The summed E-state index contributed by atoms with van der Waals surface area (Å²) in [6.07, 6.45) is 3.08. The number of carbonyl (C=O) groups excluding carboxylic acids is 2. The first-order valence-corrected chi connectivity index (χ1v) is 7.15. The number of nitrogens with two attached hydrogens (primary N) is 1. The van der Waals surface area contributed by atoms with Crippen molar-refractivity contribution in [2.45, 2.75) is 25.4 Å². The van der Waals surface area contributed by atoms with Gasteiger partial charge in [0.2, 0.25) is 11.8 Å². The van der Waals surface area contributed by atoms with Gasteiger partial charge < -0.3 is 10.6 Å². The maximum atomic E-state index is 12.0. The van der Waals surface area contributed by atoms with Crippen molar-refractivity contribution in [1.82, 2.24) is 30.0 Å². The summed E-state index contributed by atoms with van der Waals surface area (Å²) >= 11 is 0. The first kappa shape index (κ1) is 13.9. The number of carbonyl (C=O) groups is 2. The minimum atomic E-state index is -0.193. The maximum absolute atomic E-state index is 12.0. The normalized spacial score (nSPS) is 21.2. The summed E-state index contributed by atoms with van der Waals surface area (Å²) in [5.74, 6) is -0.147. The Labute approximate surface area is 122 Å². The SMILES string of the molecule is NC(=O)C1CCN(C2CN(C(=O)Cn3cnnn3)C2)CC1. The van der Waals surface area contributed by atoms with E-state index in [2.05, 4.69) is 20.4 Å². The van der Waals surface area contributed by atoms with Crippen molar-refractivity contribution in [1.29, 1.82) is 0 Å². The molecule has 21 heavy (non-hydrogen) atoms. The van der Waals surface area contributed by atoms with Crippen LogP contribution >= 0.6 is 0 Å². The molecule has 1 aromatic rings. The Morgan fingerprint density at radius 1 is 1.24 bits per heavy atom. The minimum Gasteiger partial charge on any atom is -0.369 e. The van der Waals surface area contributed by atoms with Crippen LogP contribution in [0.2, 0.25) is 0 Å². The lowest BCUT2D eigenvalue weighted by molar-refractivity contribution is -0.140. The highest BCUT2D eigenvalue weighted by molar-refractivity contribution is 5.77.